The van der Waals surface area contributed by atoms with E-state index in [9.17, 15) is 18.0 Å². The van der Waals surface area contributed by atoms with Crippen LogP contribution in [0.25, 0.3) is 6.08 Å². The molecule has 2 atom stereocenters. The van der Waals surface area contributed by atoms with Crippen molar-refractivity contribution in [1.29, 1.82) is 0 Å². The summed E-state index contributed by atoms with van der Waals surface area (Å²) in [6.45, 7) is 4.31. The molecule has 3 fully saturated rings. The third kappa shape index (κ3) is 6.57. The average molecular weight is 515 g/mol. The number of piperidine rings is 1. The third-order valence-electron chi connectivity index (χ3n) is 6.53. The Morgan fingerprint density at radius 1 is 1.12 bits per heavy atom. The molecule has 33 heavy (non-hydrogen) atoms. The molecule has 3 saturated heterocycles. The van der Waals surface area contributed by atoms with Gasteiger partial charge in [-0.1, -0.05) is 11.6 Å². The van der Waals surface area contributed by atoms with Crippen molar-refractivity contribution in [3.63, 3.8) is 0 Å². The molecule has 3 aliphatic rings. The fourth-order valence-corrected chi connectivity index (χ4v) is 6.96. The molecular formula is C22H31ClN4O4S2. The molecule has 0 radical (unpaired) electrons. The number of hydrogen-bond acceptors (Lipinski definition) is 6. The zero-order valence-corrected chi connectivity index (χ0v) is 21.0. The second kappa shape index (κ2) is 10.9. The second-order valence-electron chi connectivity index (χ2n) is 8.95. The first-order valence-corrected chi connectivity index (χ1v) is 14.3. The van der Waals surface area contributed by atoms with Gasteiger partial charge in [-0.3, -0.25) is 9.59 Å². The zero-order valence-electron chi connectivity index (χ0n) is 18.6. The van der Waals surface area contributed by atoms with Crippen molar-refractivity contribution in [2.75, 3.05) is 39.3 Å². The van der Waals surface area contributed by atoms with Crippen molar-refractivity contribution >= 4 is 50.9 Å². The van der Waals surface area contributed by atoms with Crippen molar-refractivity contribution < 1.29 is 18.0 Å². The first kappa shape index (κ1) is 24.7. The van der Waals surface area contributed by atoms with Crippen LogP contribution in [-0.4, -0.2) is 86.3 Å². The summed E-state index contributed by atoms with van der Waals surface area (Å²) in [4.78, 5) is 32.6. The Morgan fingerprint density at radius 3 is 2.61 bits per heavy atom. The van der Waals surface area contributed by atoms with Crippen molar-refractivity contribution in [3.8, 4) is 0 Å². The first-order chi connectivity index (χ1) is 15.8. The number of thiophene rings is 1. The Bertz CT molecular complexity index is 990. The highest BCUT2D eigenvalue weighted by molar-refractivity contribution is 7.92. The lowest BCUT2D eigenvalue weighted by molar-refractivity contribution is -0.143. The number of likely N-dealkylation sites (tertiary alicyclic amines) is 3. The quantitative estimate of drug-likeness (QED) is 0.575. The van der Waals surface area contributed by atoms with E-state index in [1.165, 1.54) is 35.2 Å². The molecule has 1 aromatic heterocycles. The monoisotopic (exact) mass is 514 g/mol. The van der Waals surface area contributed by atoms with E-state index in [1.54, 1.807) is 12.1 Å². The highest BCUT2D eigenvalue weighted by Gasteiger charge is 2.36. The van der Waals surface area contributed by atoms with Crippen molar-refractivity contribution in [2.24, 2.45) is 0 Å². The standard InChI is InChI=1S/C22H31ClN4O4S2/c23-20-8-7-18(32-20)9-14-33(30,31)24-19-6-4-12-26(22(19)29)16-21(28)27-13-3-5-17(27)15-25-10-1-2-11-25/h7-9,14,17,19,24H,1-6,10-13,15-16H2/b14-9+. The van der Waals surface area contributed by atoms with Gasteiger partial charge in [-0.05, 0) is 69.8 Å². The van der Waals surface area contributed by atoms with Gasteiger partial charge in [0.2, 0.25) is 21.8 Å². The van der Waals surface area contributed by atoms with E-state index in [1.807, 2.05) is 4.90 Å². The van der Waals surface area contributed by atoms with Crippen molar-refractivity contribution in [2.45, 2.75) is 50.6 Å². The Morgan fingerprint density at radius 2 is 1.88 bits per heavy atom. The molecule has 0 spiro atoms. The number of sulfonamides is 1. The number of nitrogens with one attached hydrogen (secondary N) is 1. The fourth-order valence-electron chi connectivity index (χ4n) is 4.89. The summed E-state index contributed by atoms with van der Waals surface area (Å²) in [5, 5.41) is 1.06. The van der Waals surface area contributed by atoms with Crippen LogP contribution in [0.1, 0.15) is 43.4 Å². The van der Waals surface area contributed by atoms with Crippen LogP contribution in [0.15, 0.2) is 17.5 Å². The molecule has 2 unspecified atom stereocenters. The highest BCUT2D eigenvalue weighted by atomic mass is 35.5. The summed E-state index contributed by atoms with van der Waals surface area (Å²) in [5.41, 5.74) is 0. The van der Waals surface area contributed by atoms with E-state index >= 15 is 0 Å². The highest BCUT2D eigenvalue weighted by Crippen LogP contribution is 2.23. The SMILES string of the molecule is O=C1C(NS(=O)(=O)/C=C/c2ccc(Cl)s2)CCCN1CC(=O)N1CCCC1CN1CCCC1. The van der Waals surface area contributed by atoms with Gasteiger partial charge in [-0.15, -0.1) is 11.3 Å². The molecule has 0 saturated carbocycles. The fraction of sp³-hybridized carbons (Fsp3) is 0.636. The number of rotatable bonds is 8. The molecule has 2 amide bonds. The van der Waals surface area contributed by atoms with Crippen LogP contribution in [-0.2, 0) is 19.6 Å². The molecule has 1 N–H and O–H groups in total. The van der Waals surface area contributed by atoms with Crippen LogP contribution in [0.4, 0.5) is 0 Å². The number of amides is 2. The lowest BCUT2D eigenvalue weighted by Crippen LogP contribution is -2.55. The molecule has 3 aliphatic heterocycles. The van der Waals surface area contributed by atoms with Crippen molar-refractivity contribution in [1.82, 2.24) is 19.4 Å². The predicted octanol–water partition coefficient (Wildman–Crippen LogP) is 2.37. The van der Waals surface area contributed by atoms with Gasteiger partial charge in [0.15, 0.2) is 0 Å². The van der Waals surface area contributed by atoms with Gasteiger partial charge in [0.25, 0.3) is 0 Å². The normalized spacial score (nSPS) is 24.9. The molecule has 11 heteroatoms. The smallest absolute Gasteiger partial charge is 0.242 e. The zero-order chi connectivity index (χ0) is 23.4. The van der Waals surface area contributed by atoms with Gasteiger partial charge in [0.1, 0.15) is 6.04 Å². The molecule has 0 bridgehead atoms. The summed E-state index contributed by atoms with van der Waals surface area (Å²) in [7, 11) is -3.81. The third-order valence-corrected chi connectivity index (χ3v) is 8.84. The first-order valence-electron chi connectivity index (χ1n) is 11.6. The van der Waals surface area contributed by atoms with Crippen LogP contribution in [0.5, 0.6) is 0 Å². The minimum atomic E-state index is -3.81. The average Bonchev–Trinajstić information content (AvgIpc) is 3.52. The molecular weight excluding hydrogens is 484 g/mol. The van der Waals surface area contributed by atoms with Gasteiger partial charge in [0.05, 0.1) is 10.9 Å². The summed E-state index contributed by atoms with van der Waals surface area (Å²) >= 11 is 7.15. The number of carbonyl (C=O) groups excluding carboxylic acids is 2. The van der Waals surface area contributed by atoms with Crippen LogP contribution < -0.4 is 4.72 Å². The van der Waals surface area contributed by atoms with Crippen LogP contribution >= 0.6 is 22.9 Å². The van der Waals surface area contributed by atoms with Crippen LogP contribution in [0.3, 0.4) is 0 Å². The predicted molar refractivity (Wildman–Crippen MR) is 130 cm³/mol. The Hall–Kier alpha value is -1.46. The van der Waals surface area contributed by atoms with E-state index in [2.05, 4.69) is 9.62 Å². The maximum Gasteiger partial charge on any atom is 0.242 e. The molecule has 8 nitrogen and oxygen atoms in total. The molecule has 4 heterocycles. The molecule has 182 valence electrons. The summed E-state index contributed by atoms with van der Waals surface area (Å²) < 4.78 is 28.0. The minimum absolute atomic E-state index is 0.0110. The molecule has 0 aliphatic carbocycles. The largest absolute Gasteiger partial charge is 0.337 e. The van der Waals surface area contributed by atoms with Gasteiger partial charge in [-0.2, -0.15) is 4.72 Å². The lowest BCUT2D eigenvalue weighted by Gasteiger charge is -2.34. The van der Waals surface area contributed by atoms with E-state index in [4.69, 9.17) is 11.6 Å². The van der Waals surface area contributed by atoms with Gasteiger partial charge < -0.3 is 14.7 Å². The Labute approximate surface area is 204 Å². The van der Waals surface area contributed by atoms with E-state index in [-0.39, 0.29) is 24.4 Å². The Kier molecular flexibility index (Phi) is 8.11. The minimum Gasteiger partial charge on any atom is -0.337 e. The number of hydrogen-bond donors (Lipinski definition) is 1. The van der Waals surface area contributed by atoms with E-state index in [0.29, 0.717) is 28.6 Å². The topological polar surface area (TPSA) is 90.0 Å². The molecule has 4 rings (SSSR count). The van der Waals surface area contributed by atoms with Crippen molar-refractivity contribution in [3.05, 3.63) is 26.8 Å². The second-order valence-corrected chi connectivity index (χ2v) is 12.3. The molecule has 0 aromatic carbocycles. The van der Waals surface area contributed by atoms with E-state index in [0.717, 1.165) is 44.4 Å². The van der Waals surface area contributed by atoms with Crippen LogP contribution in [0.2, 0.25) is 4.34 Å². The Balaban J connectivity index is 1.33. The maximum atomic E-state index is 13.1. The molecule has 1 aromatic rings. The number of carbonyl (C=O) groups is 2. The summed E-state index contributed by atoms with van der Waals surface area (Å²) in [6.07, 6.45) is 6.95. The summed E-state index contributed by atoms with van der Waals surface area (Å²) in [6, 6.07) is 2.78. The van der Waals surface area contributed by atoms with Gasteiger partial charge in [-0.25, -0.2) is 8.42 Å². The van der Waals surface area contributed by atoms with E-state index < -0.39 is 16.1 Å². The maximum absolute atomic E-state index is 13.1. The van der Waals surface area contributed by atoms with Gasteiger partial charge in [0, 0.05) is 36.0 Å². The van der Waals surface area contributed by atoms with Gasteiger partial charge >= 0.3 is 0 Å². The number of halogens is 1. The summed E-state index contributed by atoms with van der Waals surface area (Å²) in [5.74, 6) is -0.371. The number of nitrogens with zero attached hydrogens (tertiary/aromatic N) is 3. The van der Waals surface area contributed by atoms with Crippen LogP contribution in [0, 0.1) is 0 Å². The lowest BCUT2D eigenvalue weighted by atomic mass is 10.1.